The number of rotatable bonds is 5. The van der Waals surface area contributed by atoms with E-state index >= 15 is 0 Å². The summed E-state index contributed by atoms with van der Waals surface area (Å²) in [6, 6.07) is 6.05. The highest BCUT2D eigenvalue weighted by Gasteiger charge is 2.28. The molecule has 0 saturated carbocycles. The molecule has 2 N–H and O–H groups in total. The van der Waals surface area contributed by atoms with Crippen LogP contribution in [-0.2, 0) is 11.3 Å². The van der Waals surface area contributed by atoms with Crippen molar-refractivity contribution in [3.8, 4) is 11.5 Å². The van der Waals surface area contributed by atoms with Crippen LogP contribution in [-0.4, -0.2) is 30.0 Å². The van der Waals surface area contributed by atoms with Crippen molar-refractivity contribution < 1.29 is 14.6 Å². The topological polar surface area (TPSA) is 50.7 Å². The molecule has 1 saturated heterocycles. The number of phenols is 1. The highest BCUT2D eigenvalue weighted by molar-refractivity contribution is 5.45. The number of hydrogen-bond donors (Lipinski definition) is 2. The standard InChI is InChI=1S/C16H25NO3/c1-4-19-14-7-5-6-12(15(14)18)11-17-13-8-9-20-16(2,3)10-13/h5-7,13,17-18H,4,8-11H2,1-3H3. The van der Waals surface area contributed by atoms with Gasteiger partial charge in [0.25, 0.3) is 0 Å². The number of para-hydroxylation sites is 1. The highest BCUT2D eigenvalue weighted by atomic mass is 16.5. The molecule has 20 heavy (non-hydrogen) atoms. The third-order valence-electron chi connectivity index (χ3n) is 3.66. The third kappa shape index (κ3) is 3.87. The molecule has 0 aliphatic carbocycles. The van der Waals surface area contributed by atoms with Crippen molar-refractivity contribution in [1.82, 2.24) is 5.32 Å². The lowest BCUT2D eigenvalue weighted by Crippen LogP contribution is -2.43. The summed E-state index contributed by atoms with van der Waals surface area (Å²) >= 11 is 0. The van der Waals surface area contributed by atoms with Gasteiger partial charge in [0.2, 0.25) is 0 Å². The number of hydrogen-bond acceptors (Lipinski definition) is 4. The summed E-state index contributed by atoms with van der Waals surface area (Å²) in [5, 5.41) is 13.7. The van der Waals surface area contributed by atoms with E-state index < -0.39 is 0 Å². The van der Waals surface area contributed by atoms with Crippen LogP contribution >= 0.6 is 0 Å². The molecule has 1 unspecified atom stereocenters. The van der Waals surface area contributed by atoms with Crippen LogP contribution in [0.15, 0.2) is 18.2 Å². The van der Waals surface area contributed by atoms with Crippen molar-refractivity contribution in [3.05, 3.63) is 23.8 Å². The van der Waals surface area contributed by atoms with Crippen molar-refractivity contribution in [1.29, 1.82) is 0 Å². The maximum absolute atomic E-state index is 10.2. The molecule has 0 bridgehead atoms. The zero-order valence-corrected chi connectivity index (χ0v) is 12.6. The molecule has 1 aromatic carbocycles. The molecule has 4 nitrogen and oxygen atoms in total. The van der Waals surface area contributed by atoms with Gasteiger partial charge in [-0.2, -0.15) is 0 Å². The Labute approximate surface area is 121 Å². The lowest BCUT2D eigenvalue weighted by atomic mass is 9.94. The quantitative estimate of drug-likeness (QED) is 0.870. The number of ether oxygens (including phenoxy) is 2. The molecular weight excluding hydrogens is 254 g/mol. The minimum absolute atomic E-state index is 0.0644. The van der Waals surface area contributed by atoms with Gasteiger partial charge < -0.3 is 19.9 Å². The van der Waals surface area contributed by atoms with Crippen LogP contribution in [0.25, 0.3) is 0 Å². The Morgan fingerprint density at radius 1 is 1.45 bits per heavy atom. The first-order valence-corrected chi connectivity index (χ1v) is 7.33. The lowest BCUT2D eigenvalue weighted by molar-refractivity contribution is -0.0630. The van der Waals surface area contributed by atoms with E-state index in [2.05, 4.69) is 19.2 Å². The Morgan fingerprint density at radius 2 is 2.25 bits per heavy atom. The van der Waals surface area contributed by atoms with Crippen LogP contribution in [0, 0.1) is 0 Å². The number of nitrogens with one attached hydrogen (secondary N) is 1. The van der Waals surface area contributed by atoms with E-state index in [1.165, 1.54) is 0 Å². The summed E-state index contributed by atoms with van der Waals surface area (Å²) in [6.45, 7) is 8.14. The maximum atomic E-state index is 10.2. The third-order valence-corrected chi connectivity index (χ3v) is 3.66. The average molecular weight is 279 g/mol. The minimum atomic E-state index is -0.0644. The van der Waals surface area contributed by atoms with Gasteiger partial charge in [0.05, 0.1) is 12.2 Å². The van der Waals surface area contributed by atoms with Gasteiger partial charge in [-0.1, -0.05) is 12.1 Å². The van der Waals surface area contributed by atoms with Crippen molar-refractivity contribution in [3.63, 3.8) is 0 Å². The Hall–Kier alpha value is -1.26. The number of benzene rings is 1. The Kier molecular flexibility index (Phi) is 4.89. The maximum Gasteiger partial charge on any atom is 0.162 e. The van der Waals surface area contributed by atoms with Gasteiger partial charge in [0.15, 0.2) is 11.5 Å². The zero-order valence-electron chi connectivity index (χ0n) is 12.6. The summed E-state index contributed by atoms with van der Waals surface area (Å²) in [4.78, 5) is 0. The Bertz CT molecular complexity index is 445. The van der Waals surface area contributed by atoms with Gasteiger partial charge in [-0.05, 0) is 39.7 Å². The van der Waals surface area contributed by atoms with Gasteiger partial charge in [-0.3, -0.25) is 0 Å². The van der Waals surface area contributed by atoms with Gasteiger partial charge in [0.1, 0.15) is 0 Å². The SMILES string of the molecule is CCOc1cccc(CNC2CCOC(C)(C)C2)c1O. The van der Waals surface area contributed by atoms with E-state index in [0.717, 1.165) is 25.0 Å². The van der Waals surface area contributed by atoms with Gasteiger partial charge in [-0.15, -0.1) is 0 Å². The first-order chi connectivity index (χ1) is 9.52. The summed E-state index contributed by atoms with van der Waals surface area (Å²) in [5.41, 5.74) is 0.811. The smallest absolute Gasteiger partial charge is 0.162 e. The Balaban J connectivity index is 1.95. The van der Waals surface area contributed by atoms with Crippen molar-refractivity contribution in [2.75, 3.05) is 13.2 Å². The van der Waals surface area contributed by atoms with Crippen LogP contribution in [0.1, 0.15) is 39.2 Å². The zero-order chi connectivity index (χ0) is 14.6. The molecule has 0 radical (unpaired) electrons. The molecule has 0 amide bonds. The summed E-state index contributed by atoms with van der Waals surface area (Å²) < 4.78 is 11.1. The molecule has 112 valence electrons. The van der Waals surface area contributed by atoms with Crippen LogP contribution in [0.2, 0.25) is 0 Å². The molecule has 0 spiro atoms. The highest BCUT2D eigenvalue weighted by Crippen LogP contribution is 2.30. The second-order valence-corrected chi connectivity index (χ2v) is 5.88. The van der Waals surface area contributed by atoms with E-state index in [1.54, 1.807) is 6.07 Å². The first kappa shape index (κ1) is 15.1. The van der Waals surface area contributed by atoms with E-state index in [-0.39, 0.29) is 11.4 Å². The van der Waals surface area contributed by atoms with Crippen molar-refractivity contribution >= 4 is 0 Å². The van der Waals surface area contributed by atoms with E-state index in [1.807, 2.05) is 19.1 Å². The predicted octanol–water partition coefficient (Wildman–Crippen LogP) is 2.84. The van der Waals surface area contributed by atoms with Gasteiger partial charge >= 0.3 is 0 Å². The molecular formula is C16H25NO3. The van der Waals surface area contributed by atoms with Crippen LogP contribution < -0.4 is 10.1 Å². The normalized spacial score (nSPS) is 21.6. The number of aromatic hydroxyl groups is 1. The monoisotopic (exact) mass is 279 g/mol. The van der Waals surface area contributed by atoms with Crippen molar-refractivity contribution in [2.24, 2.45) is 0 Å². The minimum Gasteiger partial charge on any atom is -0.504 e. The Morgan fingerprint density at radius 3 is 2.95 bits per heavy atom. The van der Waals surface area contributed by atoms with E-state index in [4.69, 9.17) is 9.47 Å². The van der Waals surface area contributed by atoms with Gasteiger partial charge in [0, 0.05) is 24.8 Å². The lowest BCUT2D eigenvalue weighted by Gasteiger charge is -2.36. The molecule has 1 fully saturated rings. The molecule has 4 heteroatoms. The fraction of sp³-hybridized carbons (Fsp3) is 0.625. The first-order valence-electron chi connectivity index (χ1n) is 7.33. The number of phenolic OH excluding ortho intramolecular Hbond substituents is 1. The molecule has 1 atom stereocenters. The fourth-order valence-electron chi connectivity index (χ4n) is 2.64. The fourth-order valence-corrected chi connectivity index (χ4v) is 2.64. The second-order valence-electron chi connectivity index (χ2n) is 5.88. The molecule has 1 aromatic rings. The largest absolute Gasteiger partial charge is 0.504 e. The molecule has 1 aliphatic rings. The average Bonchev–Trinajstić information content (AvgIpc) is 2.39. The second kappa shape index (κ2) is 6.46. The summed E-state index contributed by atoms with van der Waals surface area (Å²) in [5.74, 6) is 0.798. The van der Waals surface area contributed by atoms with E-state index in [9.17, 15) is 5.11 Å². The summed E-state index contributed by atoms with van der Waals surface area (Å²) in [6.07, 6.45) is 1.99. The molecule has 2 rings (SSSR count). The predicted molar refractivity (Wildman–Crippen MR) is 79.2 cm³/mol. The molecule has 1 heterocycles. The van der Waals surface area contributed by atoms with Crippen LogP contribution in [0.5, 0.6) is 11.5 Å². The van der Waals surface area contributed by atoms with E-state index in [0.29, 0.717) is 24.9 Å². The van der Waals surface area contributed by atoms with Crippen LogP contribution in [0.3, 0.4) is 0 Å². The molecule has 0 aromatic heterocycles. The van der Waals surface area contributed by atoms with Crippen molar-refractivity contribution in [2.45, 2.75) is 51.8 Å². The van der Waals surface area contributed by atoms with Crippen LogP contribution in [0.4, 0.5) is 0 Å². The molecule has 1 aliphatic heterocycles. The van der Waals surface area contributed by atoms with Gasteiger partial charge in [-0.25, -0.2) is 0 Å². The summed E-state index contributed by atoms with van der Waals surface area (Å²) in [7, 11) is 0.